The highest BCUT2D eigenvalue weighted by Gasteiger charge is 2.38. The molecule has 0 bridgehead atoms. The summed E-state index contributed by atoms with van der Waals surface area (Å²) < 4.78 is 36.9. The molecule has 5 nitrogen and oxygen atoms in total. The Hall–Kier alpha value is -2.09. The van der Waals surface area contributed by atoms with E-state index in [1.807, 2.05) is 18.2 Å². The fourth-order valence-electron chi connectivity index (χ4n) is 1.38. The first-order chi connectivity index (χ1) is 9.84. The fourth-order valence-corrected chi connectivity index (χ4v) is 1.38. The highest BCUT2D eigenvalue weighted by atomic mass is 19.4. The molecule has 2 heterocycles. The summed E-state index contributed by atoms with van der Waals surface area (Å²) in [6, 6.07) is 4.31. The molecule has 116 valence electrons. The van der Waals surface area contributed by atoms with E-state index in [0.29, 0.717) is 6.04 Å². The molecule has 0 saturated carbocycles. The van der Waals surface area contributed by atoms with Crippen LogP contribution in [0.4, 0.5) is 13.2 Å². The molecule has 0 aromatic carbocycles. The van der Waals surface area contributed by atoms with Crippen LogP contribution >= 0.6 is 0 Å². The molecule has 1 aromatic rings. The van der Waals surface area contributed by atoms with E-state index in [4.69, 9.17) is 14.6 Å². The van der Waals surface area contributed by atoms with Gasteiger partial charge in [-0.05, 0) is 31.2 Å². The third kappa shape index (κ3) is 5.82. The van der Waals surface area contributed by atoms with E-state index in [1.54, 1.807) is 13.3 Å². The van der Waals surface area contributed by atoms with Gasteiger partial charge in [-0.1, -0.05) is 6.08 Å². The second-order valence-corrected chi connectivity index (χ2v) is 4.10. The summed E-state index contributed by atoms with van der Waals surface area (Å²) in [4.78, 5) is 13.1. The lowest BCUT2D eigenvalue weighted by Crippen LogP contribution is -2.40. The highest BCUT2D eigenvalue weighted by molar-refractivity contribution is 5.73. The number of aromatic nitrogens is 1. The number of ether oxygens (including phenoxy) is 1. The Bertz CT molecular complexity index is 500. The number of nitrogens with zero attached hydrogens (tertiary/aromatic N) is 1. The fraction of sp³-hybridized carbons (Fsp3) is 0.385. The van der Waals surface area contributed by atoms with Gasteiger partial charge in [-0.25, -0.2) is 4.79 Å². The predicted molar refractivity (Wildman–Crippen MR) is 69.9 cm³/mol. The maximum atomic E-state index is 10.6. The second-order valence-electron chi connectivity index (χ2n) is 4.10. The van der Waals surface area contributed by atoms with Crippen molar-refractivity contribution in [2.24, 2.45) is 0 Å². The predicted octanol–water partition coefficient (Wildman–Crippen LogP) is 2.10. The van der Waals surface area contributed by atoms with Crippen molar-refractivity contribution in [1.82, 2.24) is 10.3 Å². The van der Waals surface area contributed by atoms with Crippen molar-refractivity contribution in [3.05, 3.63) is 30.1 Å². The van der Waals surface area contributed by atoms with Gasteiger partial charge in [0.05, 0.1) is 7.11 Å². The minimum absolute atomic E-state index is 0.515. The van der Waals surface area contributed by atoms with Crippen molar-refractivity contribution < 1.29 is 27.8 Å². The lowest BCUT2D eigenvalue weighted by atomic mass is 10.1. The molecule has 1 aromatic heterocycles. The number of carboxylic acids is 1. The van der Waals surface area contributed by atoms with Crippen LogP contribution in [0.3, 0.4) is 0 Å². The van der Waals surface area contributed by atoms with E-state index in [-0.39, 0.29) is 0 Å². The topological polar surface area (TPSA) is 71.5 Å². The summed E-state index contributed by atoms with van der Waals surface area (Å²) in [5.74, 6) is -1.93. The molecule has 0 amide bonds. The van der Waals surface area contributed by atoms with Gasteiger partial charge in [0.15, 0.2) is 0 Å². The van der Waals surface area contributed by atoms with Crippen LogP contribution in [0, 0.1) is 0 Å². The number of methoxy groups -OCH3 is 1. The summed E-state index contributed by atoms with van der Waals surface area (Å²) in [5, 5.41) is 10.4. The molecule has 0 spiro atoms. The number of halogens is 3. The highest BCUT2D eigenvalue weighted by Crippen LogP contribution is 2.17. The zero-order valence-corrected chi connectivity index (χ0v) is 11.2. The van der Waals surface area contributed by atoms with Crippen LogP contribution in [0.25, 0.3) is 6.08 Å². The van der Waals surface area contributed by atoms with Crippen molar-refractivity contribution >= 4 is 12.0 Å². The molecule has 1 aliphatic rings. The first-order valence-electron chi connectivity index (χ1n) is 6.05. The van der Waals surface area contributed by atoms with E-state index in [2.05, 4.69) is 16.4 Å². The van der Waals surface area contributed by atoms with Gasteiger partial charge in [0.25, 0.3) is 0 Å². The molecule has 1 atom stereocenters. The maximum Gasteiger partial charge on any atom is 0.490 e. The molecule has 1 saturated heterocycles. The average molecular weight is 304 g/mol. The minimum Gasteiger partial charge on any atom is -0.494 e. The van der Waals surface area contributed by atoms with Crippen LogP contribution in [-0.4, -0.2) is 41.9 Å². The van der Waals surface area contributed by atoms with Gasteiger partial charge in [0.1, 0.15) is 11.4 Å². The number of aliphatic carboxylic acids is 1. The van der Waals surface area contributed by atoms with Crippen molar-refractivity contribution in [2.45, 2.75) is 18.6 Å². The quantitative estimate of drug-likeness (QED) is 0.895. The number of alkyl halides is 3. The van der Waals surface area contributed by atoms with Crippen molar-refractivity contribution in [1.29, 1.82) is 0 Å². The Labute approximate surface area is 119 Å². The molecule has 0 aliphatic carbocycles. The normalized spacial score (nSPS) is 17.6. The van der Waals surface area contributed by atoms with E-state index in [1.165, 1.54) is 6.42 Å². The molecule has 21 heavy (non-hydrogen) atoms. The summed E-state index contributed by atoms with van der Waals surface area (Å²) in [6.07, 6.45) is 2.05. The van der Waals surface area contributed by atoms with E-state index in [0.717, 1.165) is 18.0 Å². The Morgan fingerprint density at radius 1 is 1.57 bits per heavy atom. The van der Waals surface area contributed by atoms with Gasteiger partial charge in [0.2, 0.25) is 0 Å². The Balaban J connectivity index is 0.000000270. The van der Waals surface area contributed by atoms with E-state index >= 15 is 0 Å². The molecule has 1 unspecified atom stereocenters. The summed E-state index contributed by atoms with van der Waals surface area (Å²) in [7, 11) is 1.66. The number of carbonyl (C=O) groups is 1. The molecule has 1 aliphatic heterocycles. The van der Waals surface area contributed by atoms with Gasteiger partial charge in [-0.2, -0.15) is 13.2 Å². The monoisotopic (exact) mass is 304 g/mol. The molecule has 0 radical (unpaired) electrons. The smallest absolute Gasteiger partial charge is 0.490 e. The Morgan fingerprint density at radius 3 is 2.62 bits per heavy atom. The lowest BCUT2D eigenvalue weighted by Gasteiger charge is -2.24. The largest absolute Gasteiger partial charge is 0.494 e. The SMILES string of the molecule is COc1cccnc1/C=C/C1CCN1.O=C(O)C(F)(F)F. The third-order valence-corrected chi connectivity index (χ3v) is 2.61. The number of rotatable bonds is 3. The van der Waals surface area contributed by atoms with Crippen LogP contribution in [0.15, 0.2) is 24.4 Å². The molecule has 2 N–H and O–H groups in total. The molecular formula is C13H15F3N2O3. The molecule has 2 rings (SSSR count). The van der Waals surface area contributed by atoms with E-state index in [9.17, 15) is 13.2 Å². The zero-order chi connectivity index (χ0) is 15.9. The van der Waals surface area contributed by atoms with Crippen molar-refractivity contribution in [2.75, 3.05) is 13.7 Å². The molecule has 1 fully saturated rings. The van der Waals surface area contributed by atoms with Gasteiger partial charge in [0, 0.05) is 12.2 Å². The van der Waals surface area contributed by atoms with Crippen LogP contribution < -0.4 is 10.1 Å². The number of nitrogens with one attached hydrogen (secondary N) is 1. The first-order valence-corrected chi connectivity index (χ1v) is 6.05. The second kappa shape index (κ2) is 7.63. The lowest BCUT2D eigenvalue weighted by molar-refractivity contribution is -0.192. The third-order valence-electron chi connectivity index (χ3n) is 2.61. The maximum absolute atomic E-state index is 10.6. The Morgan fingerprint density at radius 2 is 2.19 bits per heavy atom. The molecule has 8 heteroatoms. The van der Waals surface area contributed by atoms with Crippen LogP contribution in [-0.2, 0) is 4.79 Å². The number of pyridine rings is 1. The first kappa shape index (κ1) is 17.0. The van der Waals surface area contributed by atoms with Gasteiger partial charge >= 0.3 is 12.1 Å². The summed E-state index contributed by atoms with van der Waals surface area (Å²) in [6.45, 7) is 1.12. The number of hydrogen-bond donors (Lipinski definition) is 2. The number of carboxylic acid groups (broad SMARTS) is 1. The van der Waals surface area contributed by atoms with Crippen LogP contribution in [0.1, 0.15) is 12.1 Å². The van der Waals surface area contributed by atoms with Crippen molar-refractivity contribution in [3.8, 4) is 5.75 Å². The Kier molecular flexibility index (Phi) is 6.16. The average Bonchev–Trinajstić information content (AvgIpc) is 2.37. The minimum atomic E-state index is -5.08. The van der Waals surface area contributed by atoms with Gasteiger partial charge in [-0.15, -0.1) is 0 Å². The van der Waals surface area contributed by atoms with Crippen LogP contribution in [0.2, 0.25) is 0 Å². The summed E-state index contributed by atoms with van der Waals surface area (Å²) in [5.41, 5.74) is 0.892. The van der Waals surface area contributed by atoms with Gasteiger partial charge < -0.3 is 15.2 Å². The van der Waals surface area contributed by atoms with Crippen molar-refractivity contribution in [3.63, 3.8) is 0 Å². The zero-order valence-electron chi connectivity index (χ0n) is 11.2. The standard InChI is InChI=1S/C11H14N2O.C2HF3O2/c1-14-11-3-2-7-13-10(11)5-4-9-6-8-12-9;3-2(4,5)1(6)7/h2-5,7,9,12H,6,8H2,1H3;(H,6,7)/b5-4+;. The molecular weight excluding hydrogens is 289 g/mol. The van der Waals surface area contributed by atoms with Gasteiger partial charge in [-0.3, -0.25) is 4.98 Å². The van der Waals surface area contributed by atoms with E-state index < -0.39 is 12.1 Å². The van der Waals surface area contributed by atoms with Crippen LogP contribution in [0.5, 0.6) is 5.75 Å². The summed E-state index contributed by atoms with van der Waals surface area (Å²) >= 11 is 0. The number of hydrogen-bond acceptors (Lipinski definition) is 4.